The van der Waals surface area contributed by atoms with Crippen molar-refractivity contribution in [3.8, 4) is 17.1 Å². The fourth-order valence-electron chi connectivity index (χ4n) is 2.53. The molecule has 26 heavy (non-hydrogen) atoms. The number of benzene rings is 1. The van der Waals surface area contributed by atoms with E-state index in [1.807, 2.05) is 18.2 Å². The molecule has 8 heteroatoms. The number of carbonyl (C=O) groups excluding carboxylic acids is 1. The Hall–Kier alpha value is -3.32. The van der Waals surface area contributed by atoms with E-state index in [1.165, 1.54) is 0 Å². The Morgan fingerprint density at radius 3 is 2.62 bits per heavy atom. The second-order valence-corrected chi connectivity index (χ2v) is 6.05. The summed E-state index contributed by atoms with van der Waals surface area (Å²) in [5.41, 5.74) is 1.66. The standard InChI is InChI=1S/C18H14ClN5O2/c1-23-9-8-17(22-23)20-18(25)14-11-15(16-3-2-10-26-16)24(21-14)13-6-4-12(19)5-7-13/h2-11H,1H3,(H,20,22,25). The number of halogens is 1. The summed E-state index contributed by atoms with van der Waals surface area (Å²) in [6.07, 6.45) is 3.32. The van der Waals surface area contributed by atoms with E-state index in [2.05, 4.69) is 15.5 Å². The lowest BCUT2D eigenvalue weighted by Gasteiger charge is -2.05. The van der Waals surface area contributed by atoms with Gasteiger partial charge in [-0.25, -0.2) is 4.68 Å². The number of amides is 1. The van der Waals surface area contributed by atoms with Crippen LogP contribution in [-0.2, 0) is 7.05 Å². The van der Waals surface area contributed by atoms with Crippen molar-refractivity contribution < 1.29 is 9.21 Å². The van der Waals surface area contributed by atoms with Crippen molar-refractivity contribution in [2.75, 3.05) is 5.32 Å². The number of hydrogen-bond acceptors (Lipinski definition) is 4. The summed E-state index contributed by atoms with van der Waals surface area (Å²) in [7, 11) is 1.78. The Morgan fingerprint density at radius 2 is 1.96 bits per heavy atom. The number of furan rings is 1. The van der Waals surface area contributed by atoms with Gasteiger partial charge in [0.1, 0.15) is 5.69 Å². The van der Waals surface area contributed by atoms with Gasteiger partial charge < -0.3 is 9.73 Å². The zero-order valence-corrected chi connectivity index (χ0v) is 14.5. The number of aryl methyl sites for hydroxylation is 1. The van der Waals surface area contributed by atoms with Gasteiger partial charge >= 0.3 is 0 Å². The van der Waals surface area contributed by atoms with E-state index in [0.29, 0.717) is 22.3 Å². The van der Waals surface area contributed by atoms with Crippen molar-refractivity contribution in [1.82, 2.24) is 19.6 Å². The first-order chi connectivity index (χ1) is 12.6. The molecule has 0 spiro atoms. The summed E-state index contributed by atoms with van der Waals surface area (Å²) < 4.78 is 8.73. The number of hydrogen-bond donors (Lipinski definition) is 1. The van der Waals surface area contributed by atoms with E-state index in [4.69, 9.17) is 16.0 Å². The van der Waals surface area contributed by atoms with Crippen molar-refractivity contribution in [3.05, 3.63) is 71.7 Å². The second kappa shape index (κ2) is 6.53. The van der Waals surface area contributed by atoms with E-state index >= 15 is 0 Å². The van der Waals surface area contributed by atoms with Gasteiger partial charge in [0.25, 0.3) is 5.91 Å². The molecule has 0 saturated carbocycles. The van der Waals surface area contributed by atoms with Crippen LogP contribution < -0.4 is 5.32 Å². The molecule has 0 fully saturated rings. The van der Waals surface area contributed by atoms with Gasteiger partial charge in [-0.15, -0.1) is 0 Å². The molecule has 3 heterocycles. The molecule has 130 valence electrons. The quantitative estimate of drug-likeness (QED) is 0.595. The Bertz CT molecular complexity index is 1050. The van der Waals surface area contributed by atoms with E-state index in [-0.39, 0.29) is 11.6 Å². The number of nitrogens with one attached hydrogen (secondary N) is 1. The predicted octanol–water partition coefficient (Wildman–Crippen LogP) is 3.77. The van der Waals surface area contributed by atoms with Gasteiger partial charge in [0.2, 0.25) is 0 Å². The van der Waals surface area contributed by atoms with Gasteiger partial charge in [-0.05, 0) is 36.4 Å². The van der Waals surface area contributed by atoms with Crippen LogP contribution in [0.4, 0.5) is 5.82 Å². The molecule has 0 aliphatic carbocycles. The molecule has 4 rings (SSSR count). The largest absolute Gasteiger partial charge is 0.463 e. The minimum absolute atomic E-state index is 0.247. The second-order valence-electron chi connectivity index (χ2n) is 5.61. The smallest absolute Gasteiger partial charge is 0.277 e. The zero-order chi connectivity index (χ0) is 18.1. The molecule has 4 aromatic rings. The highest BCUT2D eigenvalue weighted by Crippen LogP contribution is 2.25. The average molecular weight is 368 g/mol. The maximum atomic E-state index is 12.6. The summed E-state index contributed by atoms with van der Waals surface area (Å²) in [4.78, 5) is 12.6. The lowest BCUT2D eigenvalue weighted by molar-refractivity contribution is 0.102. The molecule has 1 N–H and O–H groups in total. The highest BCUT2D eigenvalue weighted by atomic mass is 35.5. The summed E-state index contributed by atoms with van der Waals surface area (Å²) in [6, 6.07) is 14.1. The average Bonchev–Trinajstić information content (AvgIpc) is 3.35. The van der Waals surface area contributed by atoms with E-state index < -0.39 is 0 Å². The van der Waals surface area contributed by atoms with Crippen LogP contribution in [0.15, 0.2) is 65.4 Å². The van der Waals surface area contributed by atoms with Crippen molar-refractivity contribution >= 4 is 23.3 Å². The first kappa shape index (κ1) is 16.2. The number of anilines is 1. The summed E-state index contributed by atoms with van der Waals surface area (Å²) in [5.74, 6) is 0.701. The van der Waals surface area contributed by atoms with E-state index in [9.17, 15) is 4.79 Å². The van der Waals surface area contributed by atoms with Crippen molar-refractivity contribution in [3.63, 3.8) is 0 Å². The molecular formula is C18H14ClN5O2. The lowest BCUT2D eigenvalue weighted by atomic mass is 10.2. The molecule has 0 aliphatic rings. The molecule has 1 amide bonds. The molecule has 1 aromatic carbocycles. The first-order valence-electron chi connectivity index (χ1n) is 7.81. The van der Waals surface area contributed by atoms with Gasteiger partial charge in [-0.1, -0.05) is 11.6 Å². The Kier molecular flexibility index (Phi) is 4.06. The van der Waals surface area contributed by atoms with Gasteiger partial charge in [0.05, 0.1) is 12.0 Å². The zero-order valence-electron chi connectivity index (χ0n) is 13.8. The van der Waals surface area contributed by atoms with Crippen LogP contribution >= 0.6 is 11.6 Å². The molecule has 0 radical (unpaired) electrons. The molecule has 0 bridgehead atoms. The maximum absolute atomic E-state index is 12.6. The molecular weight excluding hydrogens is 354 g/mol. The summed E-state index contributed by atoms with van der Waals surface area (Å²) in [5, 5.41) is 11.9. The van der Waals surface area contributed by atoms with Crippen molar-refractivity contribution in [1.29, 1.82) is 0 Å². The van der Waals surface area contributed by atoms with Crippen LogP contribution in [0.5, 0.6) is 0 Å². The molecule has 3 aromatic heterocycles. The molecule has 0 atom stereocenters. The fraction of sp³-hybridized carbons (Fsp3) is 0.0556. The van der Waals surface area contributed by atoms with Crippen LogP contribution in [0, 0.1) is 0 Å². The van der Waals surface area contributed by atoms with Crippen LogP contribution in [0.1, 0.15) is 10.5 Å². The Morgan fingerprint density at radius 1 is 1.15 bits per heavy atom. The maximum Gasteiger partial charge on any atom is 0.277 e. The minimum atomic E-state index is -0.357. The highest BCUT2D eigenvalue weighted by Gasteiger charge is 2.19. The van der Waals surface area contributed by atoms with Crippen molar-refractivity contribution in [2.45, 2.75) is 0 Å². The third-order valence-corrected chi connectivity index (χ3v) is 3.99. The van der Waals surface area contributed by atoms with Gasteiger partial charge in [-0.2, -0.15) is 10.2 Å². The fourth-order valence-corrected chi connectivity index (χ4v) is 2.66. The molecule has 0 saturated heterocycles. The van der Waals surface area contributed by atoms with Gasteiger partial charge in [0, 0.05) is 30.4 Å². The third-order valence-electron chi connectivity index (χ3n) is 3.74. The van der Waals surface area contributed by atoms with Crippen LogP contribution in [0.25, 0.3) is 17.1 Å². The summed E-state index contributed by atoms with van der Waals surface area (Å²) >= 11 is 5.97. The lowest BCUT2D eigenvalue weighted by Crippen LogP contribution is -2.13. The SMILES string of the molecule is Cn1ccc(NC(=O)c2cc(-c3ccco3)n(-c3ccc(Cl)cc3)n2)n1. The van der Waals surface area contributed by atoms with E-state index in [0.717, 1.165) is 5.69 Å². The predicted molar refractivity (Wildman–Crippen MR) is 97.4 cm³/mol. The van der Waals surface area contributed by atoms with Crippen molar-refractivity contribution in [2.24, 2.45) is 7.05 Å². The van der Waals surface area contributed by atoms with E-state index in [1.54, 1.807) is 59.2 Å². The van der Waals surface area contributed by atoms with Crippen LogP contribution in [0.2, 0.25) is 5.02 Å². The first-order valence-corrected chi connectivity index (χ1v) is 8.19. The molecule has 0 unspecified atom stereocenters. The van der Waals surface area contributed by atoms with Gasteiger partial charge in [-0.3, -0.25) is 9.48 Å². The Balaban J connectivity index is 1.73. The van der Waals surface area contributed by atoms with Gasteiger partial charge in [0.15, 0.2) is 17.3 Å². The Labute approximate surface area is 153 Å². The number of nitrogens with zero attached hydrogens (tertiary/aromatic N) is 4. The number of aromatic nitrogens is 4. The summed E-state index contributed by atoms with van der Waals surface area (Å²) in [6.45, 7) is 0. The van der Waals surface area contributed by atoms with Crippen LogP contribution in [0.3, 0.4) is 0 Å². The number of carbonyl (C=O) groups is 1. The minimum Gasteiger partial charge on any atom is -0.463 e. The monoisotopic (exact) mass is 367 g/mol. The number of rotatable bonds is 4. The van der Waals surface area contributed by atoms with Crippen LogP contribution in [-0.4, -0.2) is 25.5 Å². The highest BCUT2D eigenvalue weighted by molar-refractivity contribution is 6.30. The molecule has 7 nitrogen and oxygen atoms in total. The third kappa shape index (κ3) is 3.12. The normalized spacial score (nSPS) is 10.8. The molecule has 0 aliphatic heterocycles. The topological polar surface area (TPSA) is 77.9 Å².